The van der Waals surface area contributed by atoms with E-state index >= 15 is 0 Å². The standard InChI is InChI=1S/C14H12F2O/c1-9-3-2-4-12(13(9)16)14(17)10-5-7-11(15)8-6-10/h2-8,14,17H,1H3. The van der Waals surface area contributed by atoms with Gasteiger partial charge in [-0.05, 0) is 30.2 Å². The molecular formula is C14H12F2O. The van der Waals surface area contributed by atoms with E-state index in [-0.39, 0.29) is 11.4 Å². The number of benzene rings is 2. The van der Waals surface area contributed by atoms with Gasteiger partial charge in [0, 0.05) is 5.56 Å². The van der Waals surface area contributed by atoms with Crippen molar-refractivity contribution >= 4 is 0 Å². The van der Waals surface area contributed by atoms with Crippen LogP contribution < -0.4 is 0 Å². The van der Waals surface area contributed by atoms with Gasteiger partial charge in [0.2, 0.25) is 0 Å². The van der Waals surface area contributed by atoms with Crippen molar-refractivity contribution in [2.75, 3.05) is 0 Å². The molecule has 0 aliphatic carbocycles. The van der Waals surface area contributed by atoms with Crippen molar-refractivity contribution in [3.05, 3.63) is 70.8 Å². The summed E-state index contributed by atoms with van der Waals surface area (Å²) >= 11 is 0. The van der Waals surface area contributed by atoms with Crippen LogP contribution in [0.2, 0.25) is 0 Å². The smallest absolute Gasteiger partial charge is 0.132 e. The van der Waals surface area contributed by atoms with Crippen LogP contribution >= 0.6 is 0 Å². The Morgan fingerprint density at radius 2 is 1.65 bits per heavy atom. The number of halogens is 2. The Hall–Kier alpha value is -1.74. The third kappa shape index (κ3) is 2.34. The molecule has 2 rings (SSSR count). The van der Waals surface area contributed by atoms with Crippen molar-refractivity contribution in [2.45, 2.75) is 13.0 Å². The van der Waals surface area contributed by atoms with E-state index in [1.54, 1.807) is 19.1 Å². The Balaban J connectivity index is 2.40. The van der Waals surface area contributed by atoms with Crippen molar-refractivity contribution in [1.29, 1.82) is 0 Å². The van der Waals surface area contributed by atoms with Gasteiger partial charge in [-0.3, -0.25) is 0 Å². The Bertz CT molecular complexity index is 520. The second kappa shape index (κ2) is 4.63. The normalized spacial score (nSPS) is 12.5. The maximum absolute atomic E-state index is 13.8. The van der Waals surface area contributed by atoms with Gasteiger partial charge in [-0.15, -0.1) is 0 Å². The minimum absolute atomic E-state index is 0.205. The number of hydrogen-bond acceptors (Lipinski definition) is 1. The summed E-state index contributed by atoms with van der Waals surface area (Å²) in [4.78, 5) is 0. The van der Waals surface area contributed by atoms with Gasteiger partial charge in [0.15, 0.2) is 0 Å². The van der Waals surface area contributed by atoms with E-state index in [0.29, 0.717) is 11.1 Å². The monoisotopic (exact) mass is 234 g/mol. The van der Waals surface area contributed by atoms with Crippen molar-refractivity contribution in [1.82, 2.24) is 0 Å². The van der Waals surface area contributed by atoms with Gasteiger partial charge in [0.25, 0.3) is 0 Å². The highest BCUT2D eigenvalue weighted by Crippen LogP contribution is 2.25. The first-order valence-electron chi connectivity index (χ1n) is 5.28. The molecule has 0 fully saturated rings. The molecule has 3 heteroatoms. The fraction of sp³-hybridized carbons (Fsp3) is 0.143. The van der Waals surface area contributed by atoms with Gasteiger partial charge in [-0.25, -0.2) is 8.78 Å². The largest absolute Gasteiger partial charge is 0.384 e. The number of aryl methyl sites for hydroxylation is 1. The molecule has 0 saturated heterocycles. The van der Waals surface area contributed by atoms with Gasteiger partial charge in [-0.1, -0.05) is 30.3 Å². The van der Waals surface area contributed by atoms with Gasteiger partial charge in [0.1, 0.15) is 17.7 Å². The lowest BCUT2D eigenvalue weighted by atomic mass is 9.99. The average molecular weight is 234 g/mol. The van der Waals surface area contributed by atoms with Gasteiger partial charge >= 0.3 is 0 Å². The molecule has 0 aromatic heterocycles. The number of aliphatic hydroxyl groups excluding tert-OH is 1. The molecule has 17 heavy (non-hydrogen) atoms. The average Bonchev–Trinajstić information content (AvgIpc) is 2.33. The molecule has 0 saturated carbocycles. The fourth-order valence-corrected chi connectivity index (χ4v) is 1.71. The highest BCUT2D eigenvalue weighted by molar-refractivity contribution is 5.33. The van der Waals surface area contributed by atoms with Crippen LogP contribution in [-0.4, -0.2) is 5.11 Å². The zero-order valence-corrected chi connectivity index (χ0v) is 9.32. The summed E-state index contributed by atoms with van der Waals surface area (Å²) in [5.74, 6) is -0.810. The van der Waals surface area contributed by atoms with E-state index < -0.39 is 11.9 Å². The highest BCUT2D eigenvalue weighted by Gasteiger charge is 2.15. The zero-order valence-electron chi connectivity index (χ0n) is 9.32. The molecule has 0 radical (unpaired) electrons. The summed E-state index contributed by atoms with van der Waals surface area (Å²) in [6, 6.07) is 10.2. The molecule has 0 aliphatic rings. The lowest BCUT2D eigenvalue weighted by Gasteiger charge is -2.13. The first-order chi connectivity index (χ1) is 8.09. The Kier molecular flexibility index (Phi) is 3.20. The molecule has 0 amide bonds. The molecule has 0 bridgehead atoms. The molecule has 1 unspecified atom stereocenters. The Morgan fingerprint density at radius 1 is 1.00 bits per heavy atom. The third-order valence-corrected chi connectivity index (χ3v) is 2.70. The summed E-state index contributed by atoms with van der Waals surface area (Å²) in [6.45, 7) is 1.64. The first kappa shape index (κ1) is 11.7. The van der Waals surface area contributed by atoms with E-state index in [4.69, 9.17) is 0 Å². The van der Waals surface area contributed by atoms with Crippen LogP contribution in [0.15, 0.2) is 42.5 Å². The third-order valence-electron chi connectivity index (χ3n) is 2.70. The van der Waals surface area contributed by atoms with E-state index in [1.165, 1.54) is 30.3 Å². The molecule has 1 nitrogen and oxygen atoms in total. The van der Waals surface area contributed by atoms with Crippen molar-refractivity contribution < 1.29 is 13.9 Å². The van der Waals surface area contributed by atoms with E-state index in [0.717, 1.165) is 0 Å². The summed E-state index contributed by atoms with van der Waals surface area (Å²) in [7, 11) is 0. The van der Waals surface area contributed by atoms with Crippen LogP contribution in [0.3, 0.4) is 0 Å². The molecule has 1 atom stereocenters. The predicted octanol–water partition coefficient (Wildman–Crippen LogP) is 3.35. The summed E-state index contributed by atoms with van der Waals surface area (Å²) in [6.07, 6.45) is -1.07. The Morgan fingerprint density at radius 3 is 2.29 bits per heavy atom. The van der Waals surface area contributed by atoms with Gasteiger partial charge in [-0.2, -0.15) is 0 Å². The van der Waals surface area contributed by atoms with Crippen LogP contribution in [0.1, 0.15) is 22.8 Å². The lowest BCUT2D eigenvalue weighted by molar-refractivity contribution is 0.214. The van der Waals surface area contributed by atoms with Crippen LogP contribution in [0.4, 0.5) is 8.78 Å². The van der Waals surface area contributed by atoms with Crippen LogP contribution in [0.5, 0.6) is 0 Å². The zero-order chi connectivity index (χ0) is 12.4. The molecule has 2 aromatic carbocycles. The predicted molar refractivity (Wildman–Crippen MR) is 61.6 cm³/mol. The molecular weight excluding hydrogens is 222 g/mol. The molecule has 0 aliphatic heterocycles. The first-order valence-corrected chi connectivity index (χ1v) is 5.28. The Labute approximate surface area is 98.3 Å². The van der Waals surface area contributed by atoms with Gasteiger partial charge < -0.3 is 5.11 Å². The maximum Gasteiger partial charge on any atom is 0.132 e. The molecule has 0 spiro atoms. The van der Waals surface area contributed by atoms with Crippen molar-refractivity contribution in [3.63, 3.8) is 0 Å². The maximum atomic E-state index is 13.8. The fourth-order valence-electron chi connectivity index (χ4n) is 1.71. The summed E-state index contributed by atoms with van der Waals surface area (Å²) < 4.78 is 26.5. The second-order valence-corrected chi connectivity index (χ2v) is 3.93. The molecule has 2 aromatic rings. The van der Waals surface area contributed by atoms with E-state index in [2.05, 4.69) is 0 Å². The molecule has 88 valence electrons. The highest BCUT2D eigenvalue weighted by atomic mass is 19.1. The summed E-state index contributed by atoms with van der Waals surface area (Å²) in [5, 5.41) is 10.0. The van der Waals surface area contributed by atoms with E-state index in [1.807, 2.05) is 0 Å². The topological polar surface area (TPSA) is 20.2 Å². The van der Waals surface area contributed by atoms with Crippen LogP contribution in [-0.2, 0) is 0 Å². The van der Waals surface area contributed by atoms with Crippen LogP contribution in [0.25, 0.3) is 0 Å². The molecule has 0 heterocycles. The SMILES string of the molecule is Cc1cccc(C(O)c2ccc(F)cc2)c1F. The number of hydrogen-bond donors (Lipinski definition) is 1. The van der Waals surface area contributed by atoms with Gasteiger partial charge in [0.05, 0.1) is 0 Å². The van der Waals surface area contributed by atoms with E-state index in [9.17, 15) is 13.9 Å². The number of rotatable bonds is 2. The number of aliphatic hydroxyl groups is 1. The van der Waals surface area contributed by atoms with Crippen LogP contribution in [0, 0.1) is 18.6 Å². The summed E-state index contributed by atoms with van der Waals surface area (Å²) in [5.41, 5.74) is 1.15. The van der Waals surface area contributed by atoms with Crippen molar-refractivity contribution in [3.8, 4) is 0 Å². The minimum atomic E-state index is -1.07. The lowest BCUT2D eigenvalue weighted by Crippen LogP contribution is -2.03. The van der Waals surface area contributed by atoms with Crippen molar-refractivity contribution in [2.24, 2.45) is 0 Å². The minimum Gasteiger partial charge on any atom is -0.384 e. The molecule has 1 N–H and O–H groups in total. The second-order valence-electron chi connectivity index (χ2n) is 3.93. The quantitative estimate of drug-likeness (QED) is 0.844.